The molecule has 3 N–H and O–H groups in total. The Morgan fingerprint density at radius 3 is 2.00 bits per heavy atom. The van der Waals surface area contributed by atoms with Gasteiger partial charge in [-0.3, -0.25) is 10.2 Å². The van der Waals surface area contributed by atoms with E-state index in [0.717, 1.165) is 16.8 Å². The second-order valence-electron chi connectivity index (χ2n) is 3.39. The normalized spacial score (nSPS) is 11.1. The zero-order valence-corrected chi connectivity index (χ0v) is 8.25. The van der Waals surface area contributed by atoms with E-state index in [9.17, 15) is 0 Å². The van der Waals surface area contributed by atoms with Crippen LogP contribution in [0.25, 0.3) is 0 Å². The van der Waals surface area contributed by atoms with Gasteiger partial charge in [0.2, 0.25) is 0 Å². The van der Waals surface area contributed by atoms with Crippen LogP contribution in [-0.4, -0.2) is 35.8 Å². The standard InChI is InChI=1S/C9H9N7/c1-6(2-11-10-1)9(7-3-12-13-4-7)8-5-14-16-15-8/h1-5,9H,(H,10,11)(H,12,13)(H,14,15,16). The van der Waals surface area contributed by atoms with E-state index in [2.05, 4.69) is 35.8 Å². The van der Waals surface area contributed by atoms with Gasteiger partial charge in [0, 0.05) is 23.5 Å². The van der Waals surface area contributed by atoms with Crippen LogP contribution in [0.3, 0.4) is 0 Å². The van der Waals surface area contributed by atoms with Gasteiger partial charge in [-0.1, -0.05) is 0 Å². The van der Waals surface area contributed by atoms with Crippen molar-refractivity contribution < 1.29 is 0 Å². The molecular weight excluding hydrogens is 206 g/mol. The third kappa shape index (κ3) is 1.38. The van der Waals surface area contributed by atoms with Crippen molar-refractivity contribution >= 4 is 0 Å². The van der Waals surface area contributed by atoms with Crippen LogP contribution in [0, 0.1) is 0 Å². The number of hydrogen-bond donors (Lipinski definition) is 3. The first-order chi connectivity index (χ1) is 7.95. The highest BCUT2D eigenvalue weighted by Gasteiger charge is 2.20. The average Bonchev–Trinajstić information content (AvgIpc) is 3.02. The summed E-state index contributed by atoms with van der Waals surface area (Å²) in [6.07, 6.45) is 8.92. The third-order valence-corrected chi connectivity index (χ3v) is 2.43. The van der Waals surface area contributed by atoms with Crippen LogP contribution >= 0.6 is 0 Å². The van der Waals surface area contributed by atoms with Gasteiger partial charge in [-0.2, -0.15) is 25.6 Å². The fourth-order valence-corrected chi connectivity index (χ4v) is 1.72. The highest BCUT2D eigenvalue weighted by Crippen LogP contribution is 2.28. The smallest absolute Gasteiger partial charge is 0.0945 e. The van der Waals surface area contributed by atoms with Crippen LogP contribution in [0.5, 0.6) is 0 Å². The lowest BCUT2D eigenvalue weighted by Gasteiger charge is -2.09. The Morgan fingerprint density at radius 2 is 1.56 bits per heavy atom. The van der Waals surface area contributed by atoms with Crippen LogP contribution < -0.4 is 0 Å². The van der Waals surface area contributed by atoms with E-state index < -0.39 is 0 Å². The number of aromatic amines is 3. The van der Waals surface area contributed by atoms with Crippen molar-refractivity contribution in [3.8, 4) is 0 Å². The van der Waals surface area contributed by atoms with Gasteiger partial charge in [0.1, 0.15) is 0 Å². The summed E-state index contributed by atoms with van der Waals surface area (Å²) in [4.78, 5) is 0. The molecule has 0 aliphatic rings. The number of aromatic nitrogens is 7. The van der Waals surface area contributed by atoms with Gasteiger partial charge in [-0.25, -0.2) is 0 Å². The quantitative estimate of drug-likeness (QED) is 0.590. The molecule has 3 heterocycles. The van der Waals surface area contributed by atoms with E-state index in [1.807, 2.05) is 12.4 Å². The second kappa shape index (κ2) is 3.61. The Hall–Kier alpha value is -2.44. The molecule has 0 amide bonds. The van der Waals surface area contributed by atoms with Crippen molar-refractivity contribution in [1.29, 1.82) is 0 Å². The molecule has 0 fully saturated rings. The molecular formula is C9H9N7. The van der Waals surface area contributed by atoms with Gasteiger partial charge in [-0.15, -0.1) is 0 Å². The highest BCUT2D eigenvalue weighted by molar-refractivity contribution is 5.34. The van der Waals surface area contributed by atoms with Crippen molar-refractivity contribution in [2.75, 3.05) is 0 Å². The molecule has 0 spiro atoms. The van der Waals surface area contributed by atoms with E-state index in [1.165, 1.54) is 0 Å². The fraction of sp³-hybridized carbons (Fsp3) is 0.111. The van der Waals surface area contributed by atoms with Crippen LogP contribution in [-0.2, 0) is 0 Å². The van der Waals surface area contributed by atoms with E-state index in [-0.39, 0.29) is 5.92 Å². The van der Waals surface area contributed by atoms with Crippen molar-refractivity contribution in [3.63, 3.8) is 0 Å². The summed E-state index contributed by atoms with van der Waals surface area (Å²) in [6, 6.07) is 0. The molecule has 16 heavy (non-hydrogen) atoms. The SMILES string of the molecule is c1n[nH]cc1C(c1cn[nH]c1)c1cn[nH]n1. The second-order valence-corrected chi connectivity index (χ2v) is 3.39. The third-order valence-electron chi connectivity index (χ3n) is 2.43. The molecule has 0 saturated carbocycles. The minimum Gasteiger partial charge on any atom is -0.285 e. The van der Waals surface area contributed by atoms with Crippen LogP contribution in [0.4, 0.5) is 0 Å². The van der Waals surface area contributed by atoms with Gasteiger partial charge in [0.15, 0.2) is 0 Å². The Bertz CT molecular complexity index is 441. The van der Waals surface area contributed by atoms with Crippen molar-refractivity contribution in [2.24, 2.45) is 0 Å². The van der Waals surface area contributed by atoms with Crippen molar-refractivity contribution in [3.05, 3.63) is 47.8 Å². The van der Waals surface area contributed by atoms with Crippen molar-refractivity contribution in [1.82, 2.24) is 35.8 Å². The zero-order chi connectivity index (χ0) is 10.8. The molecule has 0 aliphatic carbocycles. The minimum absolute atomic E-state index is 0.00347. The molecule has 80 valence electrons. The Labute approximate surface area is 90.3 Å². The number of nitrogens with one attached hydrogen (secondary N) is 3. The summed E-state index contributed by atoms with van der Waals surface area (Å²) in [5.41, 5.74) is 2.88. The predicted molar refractivity (Wildman–Crippen MR) is 54.5 cm³/mol. The average molecular weight is 215 g/mol. The van der Waals surface area contributed by atoms with Gasteiger partial charge < -0.3 is 0 Å². The first-order valence-electron chi connectivity index (χ1n) is 4.78. The summed E-state index contributed by atoms with van der Waals surface area (Å²) in [5, 5.41) is 24.0. The lowest BCUT2D eigenvalue weighted by atomic mass is 9.93. The molecule has 0 aromatic carbocycles. The highest BCUT2D eigenvalue weighted by atomic mass is 15.3. The molecule has 7 heteroatoms. The van der Waals surface area contributed by atoms with Gasteiger partial charge in [0.25, 0.3) is 0 Å². The Balaban J connectivity index is 2.09. The minimum atomic E-state index is -0.00347. The zero-order valence-electron chi connectivity index (χ0n) is 8.25. The number of rotatable bonds is 3. The van der Waals surface area contributed by atoms with E-state index in [4.69, 9.17) is 0 Å². The Kier molecular flexibility index (Phi) is 1.99. The summed E-state index contributed by atoms with van der Waals surface area (Å²) >= 11 is 0. The van der Waals surface area contributed by atoms with Gasteiger partial charge in [0.05, 0.1) is 30.2 Å². The summed E-state index contributed by atoms with van der Waals surface area (Å²) in [7, 11) is 0. The van der Waals surface area contributed by atoms with Gasteiger partial charge >= 0.3 is 0 Å². The van der Waals surface area contributed by atoms with E-state index in [0.29, 0.717) is 0 Å². The van der Waals surface area contributed by atoms with Gasteiger partial charge in [-0.05, 0) is 0 Å². The molecule has 0 radical (unpaired) electrons. The molecule has 0 unspecified atom stereocenters. The Morgan fingerprint density at radius 1 is 0.875 bits per heavy atom. The molecule has 0 bridgehead atoms. The topological polar surface area (TPSA) is 98.9 Å². The largest absolute Gasteiger partial charge is 0.285 e. The number of nitrogens with zero attached hydrogens (tertiary/aromatic N) is 4. The lowest BCUT2D eigenvalue weighted by Crippen LogP contribution is -2.01. The first kappa shape index (κ1) is 8.84. The summed E-state index contributed by atoms with van der Waals surface area (Å²) in [5.74, 6) is -0.00347. The molecule has 0 atom stereocenters. The molecule has 7 nitrogen and oxygen atoms in total. The first-order valence-corrected chi connectivity index (χ1v) is 4.78. The van der Waals surface area contributed by atoms with Crippen LogP contribution in [0.15, 0.2) is 31.0 Å². The molecule has 3 rings (SSSR count). The van der Waals surface area contributed by atoms with E-state index in [1.54, 1.807) is 18.6 Å². The molecule has 3 aromatic rings. The fourth-order valence-electron chi connectivity index (χ4n) is 1.72. The summed E-state index contributed by atoms with van der Waals surface area (Å²) in [6.45, 7) is 0. The number of H-pyrrole nitrogens is 3. The van der Waals surface area contributed by atoms with Crippen LogP contribution in [0.1, 0.15) is 22.7 Å². The van der Waals surface area contributed by atoms with E-state index >= 15 is 0 Å². The summed E-state index contributed by atoms with van der Waals surface area (Å²) < 4.78 is 0. The molecule has 3 aromatic heterocycles. The maximum atomic E-state index is 4.11. The van der Waals surface area contributed by atoms with Crippen molar-refractivity contribution in [2.45, 2.75) is 5.92 Å². The molecule has 0 saturated heterocycles. The van der Waals surface area contributed by atoms with Crippen LogP contribution in [0.2, 0.25) is 0 Å². The maximum absolute atomic E-state index is 4.11. The molecule has 0 aliphatic heterocycles. The predicted octanol–water partition coefficient (Wildman–Crippen LogP) is 0.431. The lowest BCUT2D eigenvalue weighted by molar-refractivity contribution is 0.871. The monoisotopic (exact) mass is 215 g/mol. The maximum Gasteiger partial charge on any atom is 0.0945 e. The number of hydrogen-bond acceptors (Lipinski definition) is 4.